The summed E-state index contributed by atoms with van der Waals surface area (Å²) in [5.74, 6) is 1.000. The van der Waals surface area contributed by atoms with E-state index in [9.17, 15) is 9.59 Å². The van der Waals surface area contributed by atoms with E-state index >= 15 is 0 Å². The maximum absolute atomic E-state index is 12.8. The van der Waals surface area contributed by atoms with E-state index in [0.717, 1.165) is 36.2 Å². The molecule has 1 atom stereocenters. The van der Waals surface area contributed by atoms with Crippen LogP contribution in [0.4, 0.5) is 5.00 Å². The number of esters is 1. The normalized spacial score (nSPS) is 15.4. The van der Waals surface area contributed by atoms with Crippen molar-refractivity contribution in [1.29, 1.82) is 0 Å². The summed E-state index contributed by atoms with van der Waals surface area (Å²) >= 11 is 4.49. The minimum atomic E-state index is -0.355. The zero-order chi connectivity index (χ0) is 22.8. The highest BCUT2D eigenvalue weighted by atomic mass is 32.2. The molecule has 0 aromatic carbocycles. The third kappa shape index (κ3) is 4.77. The number of carbonyl (C=O) groups excluding carboxylic acids is 2. The lowest BCUT2D eigenvalue weighted by Gasteiger charge is -2.18. The van der Waals surface area contributed by atoms with Gasteiger partial charge in [0.05, 0.1) is 17.9 Å². The van der Waals surface area contributed by atoms with Crippen LogP contribution in [0.3, 0.4) is 0 Å². The molecule has 4 rings (SSSR count). The van der Waals surface area contributed by atoms with Crippen molar-refractivity contribution in [3.63, 3.8) is 0 Å². The molecule has 7 nitrogen and oxygen atoms in total. The molecular weight excluding hydrogens is 464 g/mol. The van der Waals surface area contributed by atoms with Crippen molar-refractivity contribution in [2.24, 2.45) is 13.0 Å². The Labute approximate surface area is 199 Å². The molecule has 0 aliphatic heterocycles. The first-order valence-electron chi connectivity index (χ1n) is 10.6. The van der Waals surface area contributed by atoms with Gasteiger partial charge in [-0.05, 0) is 50.7 Å². The van der Waals surface area contributed by atoms with Crippen LogP contribution >= 0.6 is 34.4 Å². The van der Waals surface area contributed by atoms with Crippen LogP contribution in [0.25, 0.3) is 11.4 Å². The Balaban J connectivity index is 1.47. The minimum Gasteiger partial charge on any atom is -0.462 e. The van der Waals surface area contributed by atoms with Gasteiger partial charge < -0.3 is 14.6 Å². The highest BCUT2D eigenvalue weighted by molar-refractivity contribution is 7.99. The molecule has 1 aliphatic carbocycles. The minimum absolute atomic E-state index is 0.176. The highest BCUT2D eigenvalue weighted by Gasteiger charge is 2.29. The fourth-order valence-electron chi connectivity index (χ4n) is 3.80. The van der Waals surface area contributed by atoms with Gasteiger partial charge in [-0.25, -0.2) is 4.79 Å². The van der Waals surface area contributed by atoms with Crippen LogP contribution in [0.5, 0.6) is 0 Å². The van der Waals surface area contributed by atoms with Gasteiger partial charge >= 0.3 is 5.97 Å². The molecule has 0 bridgehead atoms. The molecule has 1 aliphatic rings. The zero-order valence-corrected chi connectivity index (χ0v) is 21.0. The van der Waals surface area contributed by atoms with Gasteiger partial charge in [-0.1, -0.05) is 18.7 Å². The number of nitrogens with zero attached hydrogens (tertiary/aromatic N) is 3. The van der Waals surface area contributed by atoms with Gasteiger partial charge in [-0.15, -0.1) is 32.9 Å². The number of thioether (sulfide) groups is 1. The lowest BCUT2D eigenvalue weighted by Crippen LogP contribution is -2.18. The summed E-state index contributed by atoms with van der Waals surface area (Å²) < 4.78 is 7.18. The summed E-state index contributed by atoms with van der Waals surface area (Å²) in [6.07, 6.45) is 2.81. The molecule has 0 saturated carbocycles. The summed E-state index contributed by atoms with van der Waals surface area (Å²) in [5, 5.41) is 14.8. The van der Waals surface area contributed by atoms with E-state index in [-0.39, 0.29) is 17.6 Å². The van der Waals surface area contributed by atoms with Crippen LogP contribution in [0, 0.1) is 12.8 Å². The number of fused-ring (bicyclic) bond motifs is 1. The fraction of sp³-hybridized carbons (Fsp3) is 0.455. The first-order valence-corrected chi connectivity index (χ1v) is 13.2. The lowest BCUT2D eigenvalue weighted by molar-refractivity contribution is -0.113. The molecule has 1 N–H and O–H groups in total. The largest absolute Gasteiger partial charge is 0.462 e. The van der Waals surface area contributed by atoms with E-state index in [1.165, 1.54) is 32.9 Å². The highest BCUT2D eigenvalue weighted by Crippen LogP contribution is 2.40. The Hall–Kier alpha value is -2.17. The van der Waals surface area contributed by atoms with E-state index in [2.05, 4.69) is 40.8 Å². The first kappa shape index (κ1) is 23.0. The standard InChI is InChI=1S/C22H26N4O3S3/c1-5-29-21(28)18-15-7-6-12(2)8-16(15)32-20(18)23-17(27)11-31-22-25-24-19(26(22)4)14-9-13(3)30-10-14/h9-10,12H,5-8,11H2,1-4H3,(H,23,27). The van der Waals surface area contributed by atoms with E-state index in [1.807, 2.05) is 11.6 Å². The number of ether oxygens (including phenoxy) is 1. The van der Waals surface area contributed by atoms with Crippen molar-refractivity contribution in [3.05, 3.63) is 32.3 Å². The molecule has 1 unspecified atom stereocenters. The van der Waals surface area contributed by atoms with E-state index in [0.29, 0.717) is 28.2 Å². The van der Waals surface area contributed by atoms with Gasteiger partial charge in [0.2, 0.25) is 5.91 Å². The third-order valence-corrected chi connectivity index (χ3v) is 8.45. The van der Waals surface area contributed by atoms with Gasteiger partial charge in [-0.2, -0.15) is 0 Å². The number of thiophene rings is 2. The molecule has 0 saturated heterocycles. The number of amides is 1. The quantitative estimate of drug-likeness (QED) is 0.373. The average molecular weight is 491 g/mol. The second-order valence-corrected chi connectivity index (χ2v) is 11.1. The molecular formula is C22H26N4O3S3. The van der Waals surface area contributed by atoms with Crippen molar-refractivity contribution in [3.8, 4) is 11.4 Å². The predicted octanol–water partition coefficient (Wildman–Crippen LogP) is 4.95. The van der Waals surface area contributed by atoms with E-state index in [1.54, 1.807) is 18.3 Å². The Morgan fingerprint density at radius 1 is 1.38 bits per heavy atom. The fourth-order valence-corrected chi connectivity index (χ4v) is 6.61. The molecule has 3 heterocycles. The van der Waals surface area contributed by atoms with Gasteiger partial charge in [0, 0.05) is 27.7 Å². The maximum atomic E-state index is 12.8. The topological polar surface area (TPSA) is 86.1 Å². The molecule has 32 heavy (non-hydrogen) atoms. The first-order chi connectivity index (χ1) is 15.4. The van der Waals surface area contributed by atoms with Gasteiger partial charge in [0.25, 0.3) is 0 Å². The SMILES string of the molecule is CCOC(=O)c1c(NC(=O)CSc2nnc(-c3csc(C)c3)n2C)sc2c1CCC(C)C2. The van der Waals surface area contributed by atoms with Crippen LogP contribution < -0.4 is 5.32 Å². The number of carbonyl (C=O) groups is 2. The lowest BCUT2D eigenvalue weighted by atomic mass is 9.88. The number of anilines is 1. The zero-order valence-electron chi connectivity index (χ0n) is 18.6. The molecule has 0 radical (unpaired) electrons. The summed E-state index contributed by atoms with van der Waals surface area (Å²) in [6, 6.07) is 2.08. The Morgan fingerprint density at radius 3 is 2.91 bits per heavy atom. The summed E-state index contributed by atoms with van der Waals surface area (Å²) in [7, 11) is 1.90. The van der Waals surface area contributed by atoms with Crippen LogP contribution in [-0.4, -0.2) is 39.0 Å². The molecule has 3 aromatic heterocycles. The van der Waals surface area contributed by atoms with Crippen molar-refractivity contribution < 1.29 is 14.3 Å². The number of nitrogens with one attached hydrogen (secondary N) is 1. The number of aromatic nitrogens is 3. The number of rotatable bonds is 7. The number of hydrogen-bond donors (Lipinski definition) is 1. The Morgan fingerprint density at radius 2 is 2.19 bits per heavy atom. The van der Waals surface area contributed by atoms with Crippen LogP contribution in [0.2, 0.25) is 0 Å². The molecule has 3 aromatic rings. The van der Waals surface area contributed by atoms with Crippen molar-refractivity contribution in [2.75, 3.05) is 17.7 Å². The molecule has 10 heteroatoms. The van der Waals surface area contributed by atoms with Crippen LogP contribution in [0.15, 0.2) is 16.6 Å². The second-order valence-electron chi connectivity index (χ2n) is 7.92. The average Bonchev–Trinajstić information content (AvgIpc) is 3.43. The smallest absolute Gasteiger partial charge is 0.341 e. The second kappa shape index (κ2) is 9.76. The summed E-state index contributed by atoms with van der Waals surface area (Å²) in [6.45, 7) is 6.37. The van der Waals surface area contributed by atoms with Crippen LogP contribution in [-0.2, 0) is 29.4 Å². The van der Waals surface area contributed by atoms with Gasteiger partial charge in [0.1, 0.15) is 5.00 Å². The summed E-state index contributed by atoms with van der Waals surface area (Å²) in [5.41, 5.74) is 2.60. The monoisotopic (exact) mass is 490 g/mol. The molecule has 1 amide bonds. The van der Waals surface area contributed by atoms with Crippen molar-refractivity contribution in [1.82, 2.24) is 14.8 Å². The third-order valence-electron chi connectivity index (χ3n) is 5.40. The molecule has 0 spiro atoms. The molecule has 170 valence electrons. The van der Waals surface area contributed by atoms with Crippen LogP contribution in [0.1, 0.15) is 45.9 Å². The van der Waals surface area contributed by atoms with Crippen molar-refractivity contribution in [2.45, 2.75) is 45.2 Å². The van der Waals surface area contributed by atoms with E-state index in [4.69, 9.17) is 4.74 Å². The number of hydrogen-bond acceptors (Lipinski definition) is 8. The number of aryl methyl sites for hydroxylation is 1. The van der Waals surface area contributed by atoms with E-state index < -0.39 is 0 Å². The molecule has 0 fully saturated rings. The maximum Gasteiger partial charge on any atom is 0.341 e. The van der Waals surface area contributed by atoms with Crippen molar-refractivity contribution >= 4 is 51.3 Å². The van der Waals surface area contributed by atoms with Gasteiger partial charge in [0.15, 0.2) is 11.0 Å². The predicted molar refractivity (Wildman–Crippen MR) is 130 cm³/mol. The Bertz CT molecular complexity index is 1150. The van der Waals surface area contributed by atoms with Gasteiger partial charge in [-0.3, -0.25) is 4.79 Å². The Kier molecular flexibility index (Phi) is 7.02. The summed E-state index contributed by atoms with van der Waals surface area (Å²) in [4.78, 5) is 27.8.